The number of nitrogens with zero attached hydrogens (tertiary/aromatic N) is 4. The zero-order chi connectivity index (χ0) is 14.1. The summed E-state index contributed by atoms with van der Waals surface area (Å²) < 4.78 is 0. The zero-order valence-electron chi connectivity index (χ0n) is 12.2. The molecule has 108 valence electrons. The van der Waals surface area contributed by atoms with Crippen LogP contribution in [0.25, 0.3) is 0 Å². The van der Waals surface area contributed by atoms with Gasteiger partial charge in [-0.15, -0.1) is 0 Å². The van der Waals surface area contributed by atoms with Crippen molar-refractivity contribution in [2.45, 2.75) is 25.8 Å². The molecule has 0 N–H and O–H groups in total. The van der Waals surface area contributed by atoms with E-state index >= 15 is 0 Å². The van der Waals surface area contributed by atoms with Gasteiger partial charge in [0.1, 0.15) is 5.82 Å². The normalized spacial score (nSPS) is 17.9. The molecule has 1 aromatic heterocycles. The highest BCUT2D eigenvalue weighted by Gasteiger charge is 2.19. The molecule has 0 unspecified atom stereocenters. The Bertz CT molecular complexity index is 634. The summed E-state index contributed by atoms with van der Waals surface area (Å²) in [6.07, 6.45) is 5.51. The van der Waals surface area contributed by atoms with Crippen LogP contribution in [0, 0.1) is 0 Å². The molecule has 0 radical (unpaired) electrons. The van der Waals surface area contributed by atoms with Crippen molar-refractivity contribution >= 4 is 11.8 Å². The number of aromatic nitrogens is 2. The molecule has 0 atom stereocenters. The Morgan fingerprint density at radius 1 is 0.857 bits per heavy atom. The Hall–Kier alpha value is -2.10. The number of benzene rings is 1. The molecule has 3 heterocycles. The molecule has 0 saturated carbocycles. The second kappa shape index (κ2) is 5.35. The lowest BCUT2D eigenvalue weighted by Gasteiger charge is -2.30. The number of anilines is 2. The minimum absolute atomic E-state index is 0.892. The lowest BCUT2D eigenvalue weighted by Crippen LogP contribution is -2.31. The first-order valence-corrected chi connectivity index (χ1v) is 7.80. The van der Waals surface area contributed by atoms with Gasteiger partial charge in [-0.25, -0.2) is 4.98 Å². The average Bonchev–Trinajstić information content (AvgIpc) is 3.09. The van der Waals surface area contributed by atoms with Gasteiger partial charge < -0.3 is 9.80 Å². The summed E-state index contributed by atoms with van der Waals surface area (Å²) in [4.78, 5) is 13.9. The van der Waals surface area contributed by atoms with Gasteiger partial charge in [-0.3, -0.25) is 0 Å². The number of rotatable bonds is 2. The summed E-state index contributed by atoms with van der Waals surface area (Å²) in [5.74, 6) is 1.95. The highest BCUT2D eigenvalue weighted by atomic mass is 15.3. The van der Waals surface area contributed by atoms with Gasteiger partial charge in [0.15, 0.2) is 0 Å². The first-order chi connectivity index (χ1) is 10.4. The first kappa shape index (κ1) is 12.6. The van der Waals surface area contributed by atoms with E-state index in [4.69, 9.17) is 4.98 Å². The van der Waals surface area contributed by atoms with Crippen LogP contribution in [0.1, 0.15) is 24.0 Å². The van der Waals surface area contributed by atoms with Gasteiger partial charge in [-0.1, -0.05) is 24.3 Å². The Balaban J connectivity index is 1.58. The van der Waals surface area contributed by atoms with Gasteiger partial charge >= 0.3 is 0 Å². The van der Waals surface area contributed by atoms with Crippen LogP contribution >= 0.6 is 0 Å². The maximum absolute atomic E-state index is 4.79. The van der Waals surface area contributed by atoms with Crippen LogP contribution in [0.2, 0.25) is 0 Å². The summed E-state index contributed by atoms with van der Waals surface area (Å²) in [6, 6.07) is 10.8. The van der Waals surface area contributed by atoms with Crippen molar-refractivity contribution in [2.24, 2.45) is 0 Å². The summed E-state index contributed by atoms with van der Waals surface area (Å²) in [5.41, 5.74) is 2.90. The van der Waals surface area contributed by atoms with Crippen molar-refractivity contribution in [1.29, 1.82) is 0 Å². The van der Waals surface area contributed by atoms with Crippen molar-refractivity contribution in [3.8, 4) is 0 Å². The smallest absolute Gasteiger partial charge is 0.227 e. The molecule has 4 heteroatoms. The van der Waals surface area contributed by atoms with Crippen molar-refractivity contribution in [3.63, 3.8) is 0 Å². The predicted octanol–water partition coefficient (Wildman–Crippen LogP) is 2.64. The summed E-state index contributed by atoms with van der Waals surface area (Å²) in [6.45, 7) is 4.17. The van der Waals surface area contributed by atoms with Crippen LogP contribution in [0.5, 0.6) is 0 Å². The van der Waals surface area contributed by atoms with Crippen LogP contribution in [0.4, 0.5) is 11.8 Å². The minimum Gasteiger partial charge on any atom is -0.352 e. The predicted molar refractivity (Wildman–Crippen MR) is 84.7 cm³/mol. The van der Waals surface area contributed by atoms with Gasteiger partial charge in [-0.05, 0) is 36.5 Å². The van der Waals surface area contributed by atoms with E-state index in [-0.39, 0.29) is 0 Å². The third kappa shape index (κ3) is 2.46. The molecule has 2 aliphatic rings. The molecule has 1 fully saturated rings. The summed E-state index contributed by atoms with van der Waals surface area (Å²) in [5, 5.41) is 0. The third-order valence-corrected chi connectivity index (χ3v) is 4.47. The first-order valence-electron chi connectivity index (χ1n) is 7.80. The molecule has 0 bridgehead atoms. The fraction of sp³-hybridized carbons (Fsp3) is 0.412. The minimum atomic E-state index is 0.892. The monoisotopic (exact) mass is 280 g/mol. The Labute approximate surface area is 125 Å². The van der Waals surface area contributed by atoms with E-state index in [1.165, 1.54) is 24.0 Å². The highest BCUT2D eigenvalue weighted by molar-refractivity contribution is 5.47. The zero-order valence-corrected chi connectivity index (χ0v) is 12.2. The Morgan fingerprint density at radius 3 is 2.52 bits per heavy atom. The van der Waals surface area contributed by atoms with Crippen LogP contribution < -0.4 is 9.80 Å². The van der Waals surface area contributed by atoms with Gasteiger partial charge in [0, 0.05) is 32.4 Å². The average molecular weight is 280 g/mol. The molecule has 21 heavy (non-hydrogen) atoms. The Kier molecular flexibility index (Phi) is 3.22. The molecule has 4 rings (SSSR count). The SMILES string of the molecule is c1ccc2c(c1)CCN(c1ccnc(N3CCCC3)n1)C2. The van der Waals surface area contributed by atoms with Crippen molar-refractivity contribution < 1.29 is 0 Å². The molecule has 2 aliphatic heterocycles. The van der Waals surface area contributed by atoms with Gasteiger partial charge in [-0.2, -0.15) is 4.98 Å². The van der Waals surface area contributed by atoms with Gasteiger partial charge in [0.25, 0.3) is 0 Å². The van der Waals surface area contributed by atoms with E-state index in [1.807, 2.05) is 12.3 Å². The third-order valence-electron chi connectivity index (χ3n) is 4.47. The summed E-state index contributed by atoms with van der Waals surface area (Å²) in [7, 11) is 0. The lowest BCUT2D eigenvalue weighted by molar-refractivity contribution is 0.717. The van der Waals surface area contributed by atoms with Gasteiger partial charge in [0.05, 0.1) is 0 Å². The maximum atomic E-state index is 4.79. The van der Waals surface area contributed by atoms with E-state index < -0.39 is 0 Å². The molecular weight excluding hydrogens is 260 g/mol. The van der Waals surface area contributed by atoms with E-state index in [0.29, 0.717) is 0 Å². The van der Waals surface area contributed by atoms with Gasteiger partial charge in [0.2, 0.25) is 5.95 Å². The second-order valence-electron chi connectivity index (χ2n) is 5.85. The molecular formula is C17H20N4. The molecule has 2 aromatic rings. The van der Waals surface area contributed by atoms with Crippen LogP contribution in [-0.4, -0.2) is 29.6 Å². The van der Waals surface area contributed by atoms with Crippen molar-refractivity contribution in [1.82, 2.24) is 9.97 Å². The number of hydrogen-bond acceptors (Lipinski definition) is 4. The van der Waals surface area contributed by atoms with Crippen LogP contribution in [-0.2, 0) is 13.0 Å². The fourth-order valence-corrected chi connectivity index (χ4v) is 3.28. The van der Waals surface area contributed by atoms with Crippen molar-refractivity contribution in [2.75, 3.05) is 29.4 Å². The van der Waals surface area contributed by atoms with E-state index in [0.717, 1.165) is 44.4 Å². The summed E-state index contributed by atoms with van der Waals surface area (Å²) >= 11 is 0. The molecule has 1 saturated heterocycles. The highest BCUT2D eigenvalue weighted by Crippen LogP contribution is 2.24. The van der Waals surface area contributed by atoms with E-state index in [2.05, 4.69) is 39.0 Å². The maximum Gasteiger partial charge on any atom is 0.227 e. The number of fused-ring (bicyclic) bond motifs is 1. The van der Waals surface area contributed by atoms with E-state index in [1.54, 1.807) is 0 Å². The number of hydrogen-bond donors (Lipinski definition) is 0. The lowest BCUT2D eigenvalue weighted by atomic mass is 10.00. The quantitative estimate of drug-likeness (QED) is 0.846. The molecule has 4 nitrogen and oxygen atoms in total. The van der Waals surface area contributed by atoms with Crippen molar-refractivity contribution in [3.05, 3.63) is 47.7 Å². The molecule has 1 aromatic carbocycles. The fourth-order valence-electron chi connectivity index (χ4n) is 3.28. The second-order valence-corrected chi connectivity index (χ2v) is 5.85. The van der Waals surface area contributed by atoms with E-state index in [9.17, 15) is 0 Å². The topological polar surface area (TPSA) is 32.3 Å². The Morgan fingerprint density at radius 2 is 1.67 bits per heavy atom. The largest absolute Gasteiger partial charge is 0.352 e. The van der Waals surface area contributed by atoms with Crippen LogP contribution in [0.15, 0.2) is 36.5 Å². The standard InChI is InChI=1S/C17H20N4/c1-2-6-15-13-21(12-8-14(15)5-1)16-7-9-18-17(19-16)20-10-3-4-11-20/h1-2,5-7,9H,3-4,8,10-13H2. The molecule has 0 aliphatic carbocycles. The molecule has 0 spiro atoms. The van der Waals surface area contributed by atoms with Crippen LogP contribution in [0.3, 0.4) is 0 Å². The molecule has 0 amide bonds.